The predicted octanol–water partition coefficient (Wildman–Crippen LogP) is 1.63. The van der Waals surface area contributed by atoms with Crippen LogP contribution in [0.15, 0.2) is 33.5 Å². The summed E-state index contributed by atoms with van der Waals surface area (Å²) in [5, 5.41) is 0. The number of amides is 1. The molecule has 0 spiro atoms. The lowest BCUT2D eigenvalue weighted by Gasteiger charge is -2.40. The van der Waals surface area contributed by atoms with Crippen LogP contribution in [0.1, 0.15) is 12.8 Å². The fourth-order valence-electron chi connectivity index (χ4n) is 3.82. The molecule has 7 heteroatoms. The predicted molar refractivity (Wildman–Crippen MR) is 99.0 cm³/mol. The highest BCUT2D eigenvalue weighted by atomic mass is 32.2. The van der Waals surface area contributed by atoms with Crippen LogP contribution in [0.4, 0.5) is 0 Å². The molecule has 134 valence electrons. The maximum atomic E-state index is 12.7. The fourth-order valence-corrected chi connectivity index (χ4v) is 4.75. The number of para-hydroxylation sites is 2. The molecule has 2 aliphatic heterocycles. The second-order valence-electron chi connectivity index (χ2n) is 6.68. The third-order valence-corrected chi connectivity index (χ3v) is 6.19. The average molecular weight is 361 g/mol. The lowest BCUT2D eigenvalue weighted by atomic mass is 10.0. The van der Waals surface area contributed by atoms with Gasteiger partial charge < -0.3 is 9.32 Å². The molecule has 2 fully saturated rings. The van der Waals surface area contributed by atoms with Gasteiger partial charge in [0.1, 0.15) is 6.54 Å². The van der Waals surface area contributed by atoms with Gasteiger partial charge in [-0.1, -0.05) is 12.1 Å². The Morgan fingerprint density at radius 2 is 1.84 bits per heavy atom. The number of aromatic nitrogens is 1. The second kappa shape index (κ2) is 7.25. The smallest absolute Gasteiger partial charge is 0.408 e. The normalized spacial score (nSPS) is 20.2. The van der Waals surface area contributed by atoms with Crippen molar-refractivity contribution in [3.8, 4) is 0 Å². The van der Waals surface area contributed by atoms with Crippen LogP contribution in [0.2, 0.25) is 0 Å². The van der Waals surface area contributed by atoms with Crippen molar-refractivity contribution in [1.82, 2.24) is 14.4 Å². The van der Waals surface area contributed by atoms with E-state index in [-0.39, 0.29) is 12.5 Å². The number of fused-ring (bicyclic) bond motifs is 1. The van der Waals surface area contributed by atoms with Crippen LogP contribution in [0.5, 0.6) is 0 Å². The number of hydrogen-bond acceptors (Lipinski definition) is 5. The number of carbonyl (C=O) groups excluding carboxylic acids is 1. The Kier molecular flexibility index (Phi) is 4.85. The van der Waals surface area contributed by atoms with Crippen molar-refractivity contribution in [2.24, 2.45) is 0 Å². The maximum Gasteiger partial charge on any atom is 0.420 e. The number of oxazole rings is 1. The average Bonchev–Trinajstić information content (AvgIpc) is 2.98. The minimum absolute atomic E-state index is 0.00121. The number of nitrogens with zero attached hydrogens (tertiary/aromatic N) is 3. The molecule has 0 unspecified atom stereocenters. The monoisotopic (exact) mass is 361 g/mol. The van der Waals surface area contributed by atoms with Crippen LogP contribution < -0.4 is 5.76 Å². The molecule has 6 nitrogen and oxygen atoms in total. The molecule has 0 aliphatic carbocycles. The quantitative estimate of drug-likeness (QED) is 0.832. The number of rotatable bonds is 3. The van der Waals surface area contributed by atoms with E-state index in [4.69, 9.17) is 4.42 Å². The number of benzene rings is 1. The Morgan fingerprint density at radius 3 is 2.60 bits per heavy atom. The van der Waals surface area contributed by atoms with E-state index in [9.17, 15) is 9.59 Å². The van der Waals surface area contributed by atoms with Crippen molar-refractivity contribution in [1.29, 1.82) is 0 Å². The van der Waals surface area contributed by atoms with E-state index in [0.717, 1.165) is 25.9 Å². The van der Waals surface area contributed by atoms with E-state index in [0.29, 0.717) is 17.1 Å². The molecule has 2 aliphatic rings. The van der Waals surface area contributed by atoms with E-state index in [1.165, 1.54) is 29.2 Å². The topological polar surface area (TPSA) is 58.7 Å². The molecule has 2 saturated heterocycles. The zero-order chi connectivity index (χ0) is 17.2. The highest BCUT2D eigenvalue weighted by Crippen LogP contribution is 2.21. The van der Waals surface area contributed by atoms with Gasteiger partial charge in [0.15, 0.2) is 5.58 Å². The van der Waals surface area contributed by atoms with Crippen LogP contribution in [0, 0.1) is 0 Å². The first-order chi connectivity index (χ1) is 12.2. The van der Waals surface area contributed by atoms with Gasteiger partial charge in [-0.15, -0.1) is 0 Å². The fraction of sp³-hybridized carbons (Fsp3) is 0.556. The minimum atomic E-state index is -0.463. The zero-order valence-electron chi connectivity index (χ0n) is 14.2. The van der Waals surface area contributed by atoms with Crippen molar-refractivity contribution in [2.45, 2.75) is 25.4 Å². The molecule has 0 bridgehead atoms. The summed E-state index contributed by atoms with van der Waals surface area (Å²) in [6, 6.07) is 7.83. The Bertz CT molecular complexity index is 801. The minimum Gasteiger partial charge on any atom is -0.408 e. The summed E-state index contributed by atoms with van der Waals surface area (Å²) in [6.07, 6.45) is 2.05. The van der Waals surface area contributed by atoms with Gasteiger partial charge in [-0.3, -0.25) is 14.3 Å². The third kappa shape index (κ3) is 3.48. The summed E-state index contributed by atoms with van der Waals surface area (Å²) in [5.74, 6) is 1.97. The van der Waals surface area contributed by atoms with Crippen LogP contribution in [-0.4, -0.2) is 64.0 Å². The summed E-state index contributed by atoms with van der Waals surface area (Å²) < 4.78 is 6.65. The standard InChI is InChI=1S/C18H23N3O3S/c22-17(13-21-15-3-1-2-4-16(15)24-18(21)23)20-7-5-14(6-8-20)19-9-11-25-12-10-19/h1-4,14H,5-13H2. The maximum absolute atomic E-state index is 12.7. The van der Waals surface area contributed by atoms with E-state index >= 15 is 0 Å². The first-order valence-corrected chi connectivity index (χ1v) is 10.1. The molecule has 1 amide bonds. The van der Waals surface area contributed by atoms with Crippen molar-refractivity contribution in [3.05, 3.63) is 34.8 Å². The molecular formula is C18H23N3O3S. The molecular weight excluding hydrogens is 338 g/mol. The number of likely N-dealkylation sites (tertiary alicyclic amines) is 1. The Hall–Kier alpha value is -1.73. The van der Waals surface area contributed by atoms with E-state index in [1.807, 2.05) is 34.9 Å². The summed E-state index contributed by atoms with van der Waals surface area (Å²) in [6.45, 7) is 3.94. The molecule has 0 radical (unpaired) electrons. The lowest BCUT2D eigenvalue weighted by molar-refractivity contribution is -0.133. The summed E-state index contributed by atoms with van der Waals surface area (Å²) >= 11 is 2.02. The Balaban J connectivity index is 1.39. The van der Waals surface area contributed by atoms with Crippen LogP contribution in [-0.2, 0) is 11.3 Å². The van der Waals surface area contributed by atoms with Crippen LogP contribution in [0.25, 0.3) is 11.1 Å². The molecule has 0 saturated carbocycles. The highest BCUT2D eigenvalue weighted by Gasteiger charge is 2.28. The van der Waals surface area contributed by atoms with Gasteiger partial charge in [0.05, 0.1) is 5.52 Å². The summed E-state index contributed by atoms with van der Waals surface area (Å²) in [5.41, 5.74) is 1.21. The second-order valence-corrected chi connectivity index (χ2v) is 7.91. The van der Waals surface area contributed by atoms with Crippen molar-refractivity contribution >= 4 is 28.8 Å². The van der Waals surface area contributed by atoms with Gasteiger partial charge >= 0.3 is 5.76 Å². The Morgan fingerprint density at radius 1 is 1.12 bits per heavy atom. The van der Waals surface area contributed by atoms with Gasteiger partial charge in [-0.05, 0) is 25.0 Å². The third-order valence-electron chi connectivity index (χ3n) is 5.25. The molecule has 1 aromatic heterocycles. The van der Waals surface area contributed by atoms with Gasteiger partial charge in [0.2, 0.25) is 5.91 Å². The van der Waals surface area contributed by atoms with Crippen molar-refractivity contribution < 1.29 is 9.21 Å². The SMILES string of the molecule is O=C(Cn1c(=O)oc2ccccc21)N1CCC(N2CCSCC2)CC1. The zero-order valence-corrected chi connectivity index (χ0v) is 15.0. The lowest BCUT2D eigenvalue weighted by Crippen LogP contribution is -2.49. The molecule has 3 heterocycles. The van der Waals surface area contributed by atoms with Gasteiger partial charge in [-0.2, -0.15) is 11.8 Å². The summed E-state index contributed by atoms with van der Waals surface area (Å²) in [7, 11) is 0. The highest BCUT2D eigenvalue weighted by molar-refractivity contribution is 7.99. The van der Waals surface area contributed by atoms with Gasteiger partial charge in [0, 0.05) is 43.7 Å². The van der Waals surface area contributed by atoms with Crippen LogP contribution >= 0.6 is 11.8 Å². The number of hydrogen-bond donors (Lipinski definition) is 0. The largest absolute Gasteiger partial charge is 0.420 e. The van der Waals surface area contributed by atoms with E-state index in [2.05, 4.69) is 4.90 Å². The molecule has 25 heavy (non-hydrogen) atoms. The van der Waals surface area contributed by atoms with Crippen molar-refractivity contribution in [3.63, 3.8) is 0 Å². The first kappa shape index (κ1) is 16.7. The van der Waals surface area contributed by atoms with Crippen molar-refractivity contribution in [2.75, 3.05) is 37.7 Å². The molecule has 0 N–H and O–H groups in total. The molecule has 4 rings (SSSR count). The van der Waals surface area contributed by atoms with E-state index < -0.39 is 5.76 Å². The number of carbonyl (C=O) groups is 1. The summed E-state index contributed by atoms with van der Waals surface area (Å²) in [4.78, 5) is 29.2. The van der Waals surface area contributed by atoms with Gasteiger partial charge in [0.25, 0.3) is 0 Å². The van der Waals surface area contributed by atoms with Crippen LogP contribution in [0.3, 0.4) is 0 Å². The molecule has 0 atom stereocenters. The number of piperidine rings is 1. The van der Waals surface area contributed by atoms with E-state index in [1.54, 1.807) is 6.07 Å². The molecule has 2 aromatic rings. The molecule has 1 aromatic carbocycles. The van der Waals surface area contributed by atoms with Gasteiger partial charge in [-0.25, -0.2) is 4.79 Å². The Labute approximate surface area is 150 Å². The number of thioether (sulfide) groups is 1. The first-order valence-electron chi connectivity index (χ1n) is 8.90.